The lowest BCUT2D eigenvalue weighted by Crippen LogP contribution is -2.48. The SMILES string of the molecule is CCC(C)(C)NC(=O)CNCC(C)(C)C(N)=O. The van der Waals surface area contributed by atoms with E-state index in [1.807, 2.05) is 20.8 Å². The van der Waals surface area contributed by atoms with Crippen LogP contribution in [0.3, 0.4) is 0 Å². The molecule has 0 radical (unpaired) electrons. The van der Waals surface area contributed by atoms with Crippen molar-refractivity contribution in [3.8, 4) is 0 Å². The average Bonchev–Trinajstić information content (AvgIpc) is 2.16. The standard InChI is InChI=1S/C12H25N3O2/c1-6-12(4,5)15-9(16)7-14-8-11(2,3)10(13)17/h14H,6-8H2,1-5H3,(H2,13,17)(H,15,16). The summed E-state index contributed by atoms with van der Waals surface area (Å²) < 4.78 is 0. The third-order valence-corrected chi connectivity index (χ3v) is 2.88. The maximum absolute atomic E-state index is 11.6. The molecule has 0 unspecified atom stereocenters. The van der Waals surface area contributed by atoms with E-state index >= 15 is 0 Å². The zero-order valence-electron chi connectivity index (χ0n) is 11.5. The van der Waals surface area contributed by atoms with Gasteiger partial charge in [0.25, 0.3) is 0 Å². The number of nitrogens with one attached hydrogen (secondary N) is 2. The molecule has 0 aromatic carbocycles. The third kappa shape index (κ3) is 6.26. The molecule has 0 heterocycles. The zero-order valence-corrected chi connectivity index (χ0v) is 11.5. The Labute approximate surface area is 104 Å². The Morgan fingerprint density at radius 2 is 1.71 bits per heavy atom. The lowest BCUT2D eigenvalue weighted by Gasteiger charge is -2.25. The Bertz CT molecular complexity index is 285. The summed E-state index contributed by atoms with van der Waals surface area (Å²) in [5, 5.41) is 5.84. The highest BCUT2D eigenvalue weighted by molar-refractivity contribution is 5.81. The molecule has 0 fully saturated rings. The summed E-state index contributed by atoms with van der Waals surface area (Å²) in [6.45, 7) is 10.0. The molecule has 0 aromatic heterocycles. The molecule has 0 spiro atoms. The minimum absolute atomic E-state index is 0.0721. The minimum atomic E-state index is -0.638. The molecule has 4 N–H and O–H groups in total. The van der Waals surface area contributed by atoms with Gasteiger partial charge in [-0.25, -0.2) is 0 Å². The molecule has 0 saturated carbocycles. The molecule has 0 bridgehead atoms. The predicted octanol–water partition coefficient (Wildman–Crippen LogP) is 0.392. The summed E-state index contributed by atoms with van der Waals surface area (Å²) in [6, 6.07) is 0. The van der Waals surface area contributed by atoms with Gasteiger partial charge in [-0.15, -0.1) is 0 Å². The van der Waals surface area contributed by atoms with Crippen molar-refractivity contribution in [2.24, 2.45) is 11.1 Å². The molecule has 0 aromatic rings. The Kier molecular flexibility index (Phi) is 5.61. The fourth-order valence-electron chi connectivity index (χ4n) is 1.09. The highest BCUT2D eigenvalue weighted by Gasteiger charge is 2.25. The van der Waals surface area contributed by atoms with Gasteiger partial charge >= 0.3 is 0 Å². The molecule has 100 valence electrons. The van der Waals surface area contributed by atoms with Crippen LogP contribution in [0.25, 0.3) is 0 Å². The fraction of sp³-hybridized carbons (Fsp3) is 0.833. The van der Waals surface area contributed by atoms with Crippen LogP contribution in [0.2, 0.25) is 0 Å². The van der Waals surface area contributed by atoms with Crippen LogP contribution < -0.4 is 16.4 Å². The quantitative estimate of drug-likeness (QED) is 0.605. The summed E-state index contributed by atoms with van der Waals surface area (Å²) in [5.74, 6) is -0.448. The number of carbonyl (C=O) groups is 2. The summed E-state index contributed by atoms with van der Waals surface area (Å²) in [4.78, 5) is 22.6. The van der Waals surface area contributed by atoms with Gasteiger partial charge in [-0.05, 0) is 34.1 Å². The van der Waals surface area contributed by atoms with E-state index in [-0.39, 0.29) is 23.9 Å². The second-order valence-corrected chi connectivity index (χ2v) is 5.64. The van der Waals surface area contributed by atoms with Crippen molar-refractivity contribution < 1.29 is 9.59 Å². The first-order valence-corrected chi connectivity index (χ1v) is 5.92. The van der Waals surface area contributed by atoms with E-state index in [0.717, 1.165) is 6.42 Å². The number of primary amides is 1. The maximum Gasteiger partial charge on any atom is 0.234 e. The molecule has 17 heavy (non-hydrogen) atoms. The Hall–Kier alpha value is -1.10. The van der Waals surface area contributed by atoms with Gasteiger partial charge in [-0.2, -0.15) is 0 Å². The second kappa shape index (κ2) is 6.00. The second-order valence-electron chi connectivity index (χ2n) is 5.64. The van der Waals surface area contributed by atoms with Crippen LogP contribution in [0.4, 0.5) is 0 Å². The molecule has 0 aliphatic heterocycles. The summed E-state index contributed by atoms with van der Waals surface area (Å²) in [6.07, 6.45) is 0.867. The molecular formula is C12H25N3O2. The van der Waals surface area contributed by atoms with Gasteiger partial charge in [0.05, 0.1) is 12.0 Å². The molecule has 0 aliphatic carbocycles. The number of carbonyl (C=O) groups excluding carboxylic acids is 2. The van der Waals surface area contributed by atoms with Crippen LogP contribution in [0, 0.1) is 5.41 Å². The third-order valence-electron chi connectivity index (χ3n) is 2.88. The van der Waals surface area contributed by atoms with Gasteiger partial charge in [0.1, 0.15) is 0 Å². The van der Waals surface area contributed by atoms with Crippen molar-refractivity contribution in [1.82, 2.24) is 10.6 Å². The Balaban J connectivity index is 3.99. The average molecular weight is 243 g/mol. The Morgan fingerprint density at radius 3 is 2.12 bits per heavy atom. The van der Waals surface area contributed by atoms with Gasteiger partial charge in [0.15, 0.2) is 0 Å². The Morgan fingerprint density at radius 1 is 1.18 bits per heavy atom. The first kappa shape index (κ1) is 15.9. The number of rotatable bonds is 7. The van der Waals surface area contributed by atoms with E-state index in [1.165, 1.54) is 0 Å². The topological polar surface area (TPSA) is 84.2 Å². The van der Waals surface area contributed by atoms with E-state index in [4.69, 9.17) is 5.73 Å². The van der Waals surface area contributed by atoms with E-state index in [1.54, 1.807) is 13.8 Å². The number of hydrogen-bond acceptors (Lipinski definition) is 3. The highest BCUT2D eigenvalue weighted by Crippen LogP contribution is 2.11. The van der Waals surface area contributed by atoms with Crippen LogP contribution in [0.5, 0.6) is 0 Å². The number of amides is 2. The van der Waals surface area contributed by atoms with Crippen molar-refractivity contribution >= 4 is 11.8 Å². The van der Waals surface area contributed by atoms with Gasteiger partial charge in [0.2, 0.25) is 11.8 Å². The smallest absolute Gasteiger partial charge is 0.234 e. The normalized spacial score (nSPS) is 12.3. The largest absolute Gasteiger partial charge is 0.369 e. The van der Waals surface area contributed by atoms with Crippen LogP contribution >= 0.6 is 0 Å². The molecule has 5 heteroatoms. The molecular weight excluding hydrogens is 218 g/mol. The van der Waals surface area contributed by atoms with Crippen molar-refractivity contribution in [2.75, 3.05) is 13.1 Å². The minimum Gasteiger partial charge on any atom is -0.369 e. The predicted molar refractivity (Wildman–Crippen MR) is 68.4 cm³/mol. The molecule has 2 amide bonds. The first-order valence-electron chi connectivity index (χ1n) is 5.92. The summed E-state index contributed by atoms with van der Waals surface area (Å²) >= 11 is 0. The van der Waals surface area contributed by atoms with Crippen molar-refractivity contribution in [3.05, 3.63) is 0 Å². The summed E-state index contributed by atoms with van der Waals surface area (Å²) in [7, 11) is 0. The van der Waals surface area contributed by atoms with Gasteiger partial charge in [-0.1, -0.05) is 6.92 Å². The van der Waals surface area contributed by atoms with Crippen molar-refractivity contribution in [1.29, 1.82) is 0 Å². The summed E-state index contributed by atoms with van der Waals surface area (Å²) in [5.41, 5.74) is 4.40. The van der Waals surface area contributed by atoms with E-state index in [0.29, 0.717) is 6.54 Å². The van der Waals surface area contributed by atoms with Crippen molar-refractivity contribution in [3.63, 3.8) is 0 Å². The molecule has 5 nitrogen and oxygen atoms in total. The van der Waals surface area contributed by atoms with Crippen LogP contribution in [-0.2, 0) is 9.59 Å². The lowest BCUT2D eigenvalue weighted by atomic mass is 9.93. The van der Waals surface area contributed by atoms with E-state index in [2.05, 4.69) is 10.6 Å². The molecule has 0 aliphatic rings. The van der Waals surface area contributed by atoms with E-state index < -0.39 is 5.41 Å². The van der Waals surface area contributed by atoms with Crippen LogP contribution in [0.15, 0.2) is 0 Å². The van der Waals surface area contributed by atoms with Gasteiger partial charge < -0.3 is 16.4 Å². The van der Waals surface area contributed by atoms with Gasteiger partial charge in [-0.3, -0.25) is 9.59 Å². The fourth-order valence-corrected chi connectivity index (χ4v) is 1.09. The maximum atomic E-state index is 11.6. The number of nitrogens with two attached hydrogens (primary N) is 1. The lowest BCUT2D eigenvalue weighted by molar-refractivity contribution is -0.126. The van der Waals surface area contributed by atoms with E-state index in [9.17, 15) is 9.59 Å². The molecule has 0 atom stereocenters. The molecule has 0 rings (SSSR count). The van der Waals surface area contributed by atoms with Crippen LogP contribution in [0.1, 0.15) is 41.0 Å². The van der Waals surface area contributed by atoms with Crippen molar-refractivity contribution in [2.45, 2.75) is 46.6 Å². The van der Waals surface area contributed by atoms with Crippen LogP contribution in [-0.4, -0.2) is 30.4 Å². The zero-order chi connectivity index (χ0) is 13.7. The molecule has 0 saturated heterocycles. The highest BCUT2D eigenvalue weighted by atomic mass is 16.2. The first-order chi connectivity index (χ1) is 7.60. The van der Waals surface area contributed by atoms with Gasteiger partial charge in [0, 0.05) is 12.1 Å². The number of hydrogen-bond donors (Lipinski definition) is 3. The monoisotopic (exact) mass is 243 g/mol.